The quantitative estimate of drug-likeness (QED) is 0.702. The van der Waals surface area contributed by atoms with E-state index in [-0.39, 0.29) is 12.3 Å². The van der Waals surface area contributed by atoms with E-state index in [0.717, 1.165) is 19.3 Å². The summed E-state index contributed by atoms with van der Waals surface area (Å²) in [5.74, 6) is -1.12. The number of aliphatic carboxylic acids is 1. The number of carboxylic acid groups (broad SMARTS) is 1. The van der Waals surface area contributed by atoms with Gasteiger partial charge in [-0.2, -0.15) is 0 Å². The van der Waals surface area contributed by atoms with E-state index in [2.05, 4.69) is 5.32 Å². The summed E-state index contributed by atoms with van der Waals surface area (Å²) in [5.41, 5.74) is 6.08. The minimum absolute atomic E-state index is 0.0201. The van der Waals surface area contributed by atoms with E-state index in [1.54, 1.807) is 24.3 Å². The SMILES string of the molecule is Nc1ccc(C(=O)NC2(CC(=O)O)CCC2)cc1. The second-order valence-electron chi connectivity index (χ2n) is 4.78. The van der Waals surface area contributed by atoms with E-state index >= 15 is 0 Å². The van der Waals surface area contributed by atoms with Crippen LogP contribution < -0.4 is 11.1 Å². The summed E-state index contributed by atoms with van der Waals surface area (Å²) in [5, 5.41) is 11.7. The van der Waals surface area contributed by atoms with Gasteiger partial charge in [0.2, 0.25) is 0 Å². The van der Waals surface area contributed by atoms with Gasteiger partial charge in [0.15, 0.2) is 0 Å². The molecule has 0 atom stereocenters. The molecule has 0 bridgehead atoms. The Labute approximate surface area is 105 Å². The molecule has 1 amide bonds. The number of rotatable bonds is 4. The smallest absolute Gasteiger partial charge is 0.305 e. The number of hydrogen-bond donors (Lipinski definition) is 3. The molecule has 1 fully saturated rings. The van der Waals surface area contributed by atoms with Crippen LogP contribution in [0, 0.1) is 0 Å². The van der Waals surface area contributed by atoms with Crippen molar-refractivity contribution in [3.63, 3.8) is 0 Å². The Kier molecular flexibility index (Phi) is 3.23. The van der Waals surface area contributed by atoms with E-state index < -0.39 is 11.5 Å². The Morgan fingerprint density at radius 2 is 1.89 bits per heavy atom. The maximum Gasteiger partial charge on any atom is 0.305 e. The van der Waals surface area contributed by atoms with Crippen LogP contribution in [0.4, 0.5) is 5.69 Å². The molecule has 18 heavy (non-hydrogen) atoms. The summed E-state index contributed by atoms with van der Waals surface area (Å²) in [6, 6.07) is 6.58. The highest BCUT2D eigenvalue weighted by atomic mass is 16.4. The van der Waals surface area contributed by atoms with E-state index in [1.807, 2.05) is 0 Å². The predicted molar refractivity (Wildman–Crippen MR) is 67.2 cm³/mol. The molecule has 0 aliphatic heterocycles. The van der Waals surface area contributed by atoms with Crippen molar-refractivity contribution in [1.29, 1.82) is 0 Å². The molecule has 1 saturated carbocycles. The fraction of sp³-hybridized carbons (Fsp3) is 0.385. The molecule has 2 rings (SSSR count). The van der Waals surface area contributed by atoms with Gasteiger partial charge in [-0.15, -0.1) is 0 Å². The zero-order valence-electron chi connectivity index (χ0n) is 9.98. The van der Waals surface area contributed by atoms with E-state index in [1.165, 1.54) is 0 Å². The molecule has 0 unspecified atom stereocenters. The lowest BCUT2D eigenvalue weighted by Gasteiger charge is -2.41. The number of carbonyl (C=O) groups excluding carboxylic acids is 1. The zero-order chi connectivity index (χ0) is 13.2. The number of hydrogen-bond acceptors (Lipinski definition) is 3. The molecule has 0 aromatic heterocycles. The van der Waals surface area contributed by atoms with Crippen molar-refractivity contribution in [2.75, 3.05) is 5.73 Å². The summed E-state index contributed by atoms with van der Waals surface area (Å²) >= 11 is 0. The molecule has 0 heterocycles. The average molecular weight is 248 g/mol. The van der Waals surface area contributed by atoms with Crippen LogP contribution in [0.3, 0.4) is 0 Å². The predicted octanol–water partition coefficient (Wildman–Crippen LogP) is 1.40. The van der Waals surface area contributed by atoms with E-state index in [0.29, 0.717) is 11.3 Å². The van der Waals surface area contributed by atoms with Gasteiger partial charge in [0.25, 0.3) is 5.91 Å². The van der Waals surface area contributed by atoms with Gasteiger partial charge in [-0.3, -0.25) is 9.59 Å². The van der Waals surface area contributed by atoms with Crippen LogP contribution in [0.1, 0.15) is 36.0 Å². The molecule has 1 aromatic rings. The maximum atomic E-state index is 12.0. The van der Waals surface area contributed by atoms with Crippen LogP contribution in [0.15, 0.2) is 24.3 Å². The first-order chi connectivity index (χ1) is 8.51. The minimum atomic E-state index is -0.882. The largest absolute Gasteiger partial charge is 0.481 e. The first-order valence-corrected chi connectivity index (χ1v) is 5.91. The van der Waals surface area contributed by atoms with Crippen LogP contribution in [0.5, 0.6) is 0 Å². The molecular weight excluding hydrogens is 232 g/mol. The Morgan fingerprint density at radius 1 is 1.28 bits per heavy atom. The van der Waals surface area contributed by atoms with Gasteiger partial charge in [-0.05, 0) is 43.5 Å². The standard InChI is InChI=1S/C13H16N2O3/c14-10-4-2-9(3-5-10)12(18)15-13(6-1-7-13)8-11(16)17/h2-5H,1,6-8,14H2,(H,15,18)(H,16,17). The summed E-state index contributed by atoms with van der Waals surface area (Å²) < 4.78 is 0. The Balaban J connectivity index is 2.06. The van der Waals surface area contributed by atoms with Crippen molar-refractivity contribution >= 4 is 17.6 Å². The van der Waals surface area contributed by atoms with E-state index in [9.17, 15) is 9.59 Å². The van der Waals surface area contributed by atoms with Crippen molar-refractivity contribution in [3.8, 4) is 0 Å². The highest BCUT2D eigenvalue weighted by Crippen LogP contribution is 2.35. The Morgan fingerprint density at radius 3 is 2.33 bits per heavy atom. The third-order valence-electron chi connectivity index (χ3n) is 3.35. The van der Waals surface area contributed by atoms with Crippen molar-refractivity contribution in [2.24, 2.45) is 0 Å². The van der Waals surface area contributed by atoms with Gasteiger partial charge in [0.05, 0.1) is 12.0 Å². The number of nitrogen functional groups attached to an aromatic ring is 1. The van der Waals surface area contributed by atoms with Crippen molar-refractivity contribution in [3.05, 3.63) is 29.8 Å². The number of nitrogens with one attached hydrogen (secondary N) is 1. The molecule has 4 N–H and O–H groups in total. The number of anilines is 1. The number of carbonyl (C=O) groups is 2. The van der Waals surface area contributed by atoms with Gasteiger partial charge in [0.1, 0.15) is 0 Å². The lowest BCUT2D eigenvalue weighted by atomic mass is 9.74. The molecule has 1 aliphatic carbocycles. The second-order valence-corrected chi connectivity index (χ2v) is 4.78. The Hall–Kier alpha value is -2.04. The lowest BCUT2D eigenvalue weighted by Crippen LogP contribution is -2.54. The zero-order valence-corrected chi connectivity index (χ0v) is 9.98. The molecule has 0 spiro atoms. The maximum absolute atomic E-state index is 12.0. The van der Waals surface area contributed by atoms with Gasteiger partial charge in [-0.1, -0.05) is 0 Å². The molecule has 0 saturated heterocycles. The first kappa shape index (κ1) is 12.4. The van der Waals surface area contributed by atoms with Gasteiger partial charge < -0.3 is 16.2 Å². The highest BCUT2D eigenvalue weighted by molar-refractivity contribution is 5.95. The molecule has 1 aliphatic rings. The number of benzene rings is 1. The summed E-state index contributed by atoms with van der Waals surface area (Å²) in [7, 11) is 0. The third kappa shape index (κ3) is 2.61. The highest BCUT2D eigenvalue weighted by Gasteiger charge is 2.40. The van der Waals surface area contributed by atoms with Crippen LogP contribution in [-0.2, 0) is 4.79 Å². The Bertz CT molecular complexity index is 464. The number of amides is 1. The summed E-state index contributed by atoms with van der Waals surface area (Å²) in [6.07, 6.45) is 2.38. The molecule has 5 heteroatoms. The average Bonchev–Trinajstić information content (AvgIpc) is 2.26. The van der Waals surface area contributed by atoms with Crippen molar-refractivity contribution < 1.29 is 14.7 Å². The lowest BCUT2D eigenvalue weighted by molar-refractivity contribution is -0.139. The summed E-state index contributed by atoms with van der Waals surface area (Å²) in [4.78, 5) is 22.8. The summed E-state index contributed by atoms with van der Waals surface area (Å²) in [6.45, 7) is 0. The molecule has 1 aromatic carbocycles. The normalized spacial score (nSPS) is 16.7. The van der Waals surface area contributed by atoms with Gasteiger partial charge >= 0.3 is 5.97 Å². The second kappa shape index (κ2) is 4.68. The van der Waals surface area contributed by atoms with E-state index in [4.69, 9.17) is 10.8 Å². The van der Waals surface area contributed by atoms with Crippen LogP contribution in [0.25, 0.3) is 0 Å². The number of carboxylic acids is 1. The monoisotopic (exact) mass is 248 g/mol. The van der Waals surface area contributed by atoms with Crippen molar-refractivity contribution in [2.45, 2.75) is 31.2 Å². The molecule has 5 nitrogen and oxygen atoms in total. The third-order valence-corrected chi connectivity index (χ3v) is 3.35. The fourth-order valence-corrected chi connectivity index (χ4v) is 2.19. The fourth-order valence-electron chi connectivity index (χ4n) is 2.19. The molecular formula is C13H16N2O3. The van der Waals surface area contributed by atoms with Crippen LogP contribution in [0.2, 0.25) is 0 Å². The first-order valence-electron chi connectivity index (χ1n) is 5.91. The van der Waals surface area contributed by atoms with Crippen LogP contribution in [-0.4, -0.2) is 22.5 Å². The molecule has 96 valence electrons. The topological polar surface area (TPSA) is 92.4 Å². The van der Waals surface area contributed by atoms with Gasteiger partial charge in [-0.25, -0.2) is 0 Å². The van der Waals surface area contributed by atoms with Crippen molar-refractivity contribution in [1.82, 2.24) is 5.32 Å². The molecule has 0 radical (unpaired) electrons. The number of nitrogens with two attached hydrogens (primary N) is 1. The van der Waals surface area contributed by atoms with Gasteiger partial charge in [0, 0.05) is 11.3 Å². The minimum Gasteiger partial charge on any atom is -0.481 e. The van der Waals surface area contributed by atoms with Crippen LogP contribution >= 0.6 is 0 Å².